The van der Waals surface area contributed by atoms with Crippen molar-refractivity contribution in [2.75, 3.05) is 0 Å². The van der Waals surface area contributed by atoms with Gasteiger partial charge < -0.3 is 4.57 Å². The second-order valence-electron chi connectivity index (χ2n) is 5.52. The molecule has 0 saturated heterocycles. The zero-order valence-corrected chi connectivity index (χ0v) is 14.9. The number of hydrogen-bond acceptors (Lipinski definition) is 3. The maximum absolute atomic E-state index is 12.8. The first kappa shape index (κ1) is 17.4. The Balaban J connectivity index is 2.05. The summed E-state index contributed by atoms with van der Waals surface area (Å²) in [5.74, 6) is -0.396. The summed E-state index contributed by atoms with van der Waals surface area (Å²) in [6.45, 7) is 5.86. The Morgan fingerprint density at radius 2 is 1.88 bits per heavy atom. The van der Waals surface area contributed by atoms with E-state index in [1.54, 1.807) is 41.8 Å². The van der Waals surface area contributed by atoms with Crippen LogP contribution in [0.1, 0.15) is 33.2 Å². The highest BCUT2D eigenvalue weighted by Gasteiger charge is 2.29. The molecule has 0 spiro atoms. The normalized spacial score (nSPS) is 14.4. The van der Waals surface area contributed by atoms with Gasteiger partial charge in [0.1, 0.15) is 5.15 Å². The predicted molar refractivity (Wildman–Crippen MR) is 98.5 cm³/mol. The molecule has 1 aliphatic rings. The lowest BCUT2D eigenvalue weighted by molar-refractivity contribution is 0.0980. The molecule has 0 fully saturated rings. The van der Waals surface area contributed by atoms with Crippen LogP contribution >= 0.6 is 23.2 Å². The predicted octanol–water partition coefficient (Wildman–Crippen LogP) is 4.68. The van der Waals surface area contributed by atoms with Gasteiger partial charge in [-0.25, -0.2) is 4.98 Å². The Morgan fingerprint density at radius 3 is 2.48 bits per heavy atom. The number of carbonyl (C=O) groups is 2. The molecule has 126 valence electrons. The topological polar surface area (TPSA) is 52.0 Å². The first-order valence-electron chi connectivity index (χ1n) is 7.55. The lowest BCUT2D eigenvalue weighted by Gasteiger charge is -2.18. The fourth-order valence-corrected chi connectivity index (χ4v) is 3.10. The summed E-state index contributed by atoms with van der Waals surface area (Å²) in [5, 5.41) is 0.544. The molecule has 0 bridgehead atoms. The van der Waals surface area contributed by atoms with E-state index in [1.165, 1.54) is 12.4 Å². The fraction of sp³-hybridized carbons (Fsp3) is 0.105. The summed E-state index contributed by atoms with van der Waals surface area (Å²) in [5.41, 5.74) is 2.26. The van der Waals surface area contributed by atoms with E-state index >= 15 is 0 Å². The summed E-state index contributed by atoms with van der Waals surface area (Å²) in [7, 11) is 0. The molecule has 0 amide bonds. The molecule has 0 unspecified atom stereocenters. The smallest absolute Gasteiger partial charge is 0.194 e. The van der Waals surface area contributed by atoms with Crippen molar-refractivity contribution in [3.63, 3.8) is 0 Å². The number of halogens is 2. The molecule has 25 heavy (non-hydrogen) atoms. The van der Waals surface area contributed by atoms with Gasteiger partial charge in [-0.1, -0.05) is 54.1 Å². The van der Waals surface area contributed by atoms with Gasteiger partial charge in [0.2, 0.25) is 0 Å². The minimum absolute atomic E-state index is 0.183. The average Bonchev–Trinajstić information content (AvgIpc) is 2.92. The van der Waals surface area contributed by atoms with Crippen molar-refractivity contribution in [2.24, 2.45) is 0 Å². The molecule has 6 heteroatoms. The Bertz CT molecular complexity index is 968. The van der Waals surface area contributed by atoms with E-state index in [0.717, 1.165) is 5.56 Å². The second kappa shape index (κ2) is 6.82. The average molecular weight is 373 g/mol. The molecular formula is C19H14Cl2N2O2. The van der Waals surface area contributed by atoms with Crippen molar-refractivity contribution < 1.29 is 9.59 Å². The fourth-order valence-electron chi connectivity index (χ4n) is 2.79. The summed E-state index contributed by atoms with van der Waals surface area (Å²) in [6, 6.07) is 5.16. The van der Waals surface area contributed by atoms with Crippen molar-refractivity contribution in [1.82, 2.24) is 9.55 Å². The Labute approximate surface area is 155 Å². The van der Waals surface area contributed by atoms with E-state index < -0.39 is 0 Å². The zero-order valence-electron chi connectivity index (χ0n) is 13.4. The van der Waals surface area contributed by atoms with Crippen LogP contribution in [0.3, 0.4) is 0 Å². The molecule has 4 nitrogen and oxygen atoms in total. The van der Waals surface area contributed by atoms with Gasteiger partial charge in [0.25, 0.3) is 0 Å². The molecule has 1 heterocycles. The van der Waals surface area contributed by atoms with Gasteiger partial charge >= 0.3 is 0 Å². The maximum atomic E-state index is 12.8. The molecule has 0 radical (unpaired) electrons. The lowest BCUT2D eigenvalue weighted by Crippen LogP contribution is -2.21. The van der Waals surface area contributed by atoms with Gasteiger partial charge in [-0.3, -0.25) is 9.59 Å². The van der Waals surface area contributed by atoms with Crippen LogP contribution in [0.25, 0.3) is 0 Å². The third-order valence-corrected chi connectivity index (χ3v) is 4.75. The first-order valence-corrected chi connectivity index (χ1v) is 8.31. The molecule has 3 rings (SSSR count). The number of aromatic nitrogens is 2. The number of nitrogens with zero attached hydrogens (tertiary/aromatic N) is 2. The van der Waals surface area contributed by atoms with Crippen LogP contribution in [-0.2, 0) is 6.54 Å². The minimum Gasteiger partial charge on any atom is -0.316 e. The maximum Gasteiger partial charge on any atom is 0.194 e. The first-order chi connectivity index (χ1) is 12.0. The van der Waals surface area contributed by atoms with Crippen molar-refractivity contribution in [2.45, 2.75) is 13.5 Å². The molecule has 0 atom stereocenters. The van der Waals surface area contributed by atoms with Gasteiger partial charge in [0, 0.05) is 28.8 Å². The van der Waals surface area contributed by atoms with Gasteiger partial charge in [0.05, 0.1) is 6.33 Å². The van der Waals surface area contributed by atoms with Gasteiger partial charge in [-0.15, -0.1) is 0 Å². The summed E-state index contributed by atoms with van der Waals surface area (Å²) >= 11 is 11.9. The monoisotopic (exact) mass is 372 g/mol. The Kier molecular flexibility index (Phi) is 4.75. The van der Waals surface area contributed by atoms with Crippen LogP contribution < -0.4 is 0 Å². The van der Waals surface area contributed by atoms with E-state index in [0.29, 0.717) is 34.0 Å². The lowest BCUT2D eigenvalue weighted by atomic mass is 9.83. The van der Waals surface area contributed by atoms with E-state index in [-0.39, 0.29) is 16.7 Å². The number of fused-ring (bicyclic) bond motifs is 1. The Morgan fingerprint density at radius 1 is 1.16 bits per heavy atom. The third-order valence-electron chi connectivity index (χ3n) is 3.98. The number of benzene rings is 1. The van der Waals surface area contributed by atoms with Gasteiger partial charge in [0.15, 0.2) is 16.7 Å². The van der Waals surface area contributed by atoms with Crippen LogP contribution in [0.2, 0.25) is 10.3 Å². The number of Topliss-reactive ketones (excluding diaryl/α,β-unsaturated/α-hetero) is 2. The minimum atomic E-state index is -0.214. The molecule has 1 aliphatic carbocycles. The number of allylic oxidation sites excluding steroid dienone is 5. The van der Waals surface area contributed by atoms with E-state index in [1.807, 2.05) is 0 Å². The molecule has 0 N–H and O–H groups in total. The van der Waals surface area contributed by atoms with E-state index in [2.05, 4.69) is 11.6 Å². The number of carbonyl (C=O) groups excluding carboxylic acids is 2. The molecular weight excluding hydrogens is 359 g/mol. The molecule has 1 aromatic heterocycles. The number of hydrogen-bond donors (Lipinski definition) is 0. The number of rotatable bonds is 4. The molecule has 2 aromatic rings. The van der Waals surface area contributed by atoms with Crippen LogP contribution in [-0.4, -0.2) is 21.1 Å². The van der Waals surface area contributed by atoms with Crippen LogP contribution in [0, 0.1) is 0 Å². The van der Waals surface area contributed by atoms with E-state index in [9.17, 15) is 9.59 Å². The van der Waals surface area contributed by atoms with Crippen LogP contribution in [0.15, 0.2) is 60.5 Å². The highest BCUT2D eigenvalue weighted by molar-refractivity contribution is 6.40. The largest absolute Gasteiger partial charge is 0.316 e. The molecule has 0 saturated carbocycles. The zero-order chi connectivity index (χ0) is 18.1. The van der Waals surface area contributed by atoms with Crippen molar-refractivity contribution in [3.05, 3.63) is 87.5 Å². The van der Waals surface area contributed by atoms with Crippen LogP contribution in [0.5, 0.6) is 0 Å². The SMILES string of the molecule is C=CC1=C(/C=C\C)C(=O)c2ccc(Cn3cnc(Cl)c3Cl)cc2C1=O. The summed E-state index contributed by atoms with van der Waals surface area (Å²) < 4.78 is 1.66. The molecule has 0 aliphatic heterocycles. The van der Waals surface area contributed by atoms with Crippen molar-refractivity contribution in [1.29, 1.82) is 0 Å². The number of ketones is 2. The highest BCUT2D eigenvalue weighted by atomic mass is 35.5. The summed E-state index contributed by atoms with van der Waals surface area (Å²) in [6.07, 6.45) is 6.32. The van der Waals surface area contributed by atoms with E-state index in [4.69, 9.17) is 23.2 Å². The summed E-state index contributed by atoms with van der Waals surface area (Å²) in [4.78, 5) is 29.4. The molecule has 1 aromatic carbocycles. The van der Waals surface area contributed by atoms with Gasteiger partial charge in [-0.05, 0) is 24.6 Å². The van der Waals surface area contributed by atoms with Crippen molar-refractivity contribution >= 4 is 34.8 Å². The van der Waals surface area contributed by atoms with Gasteiger partial charge in [-0.2, -0.15) is 0 Å². The quantitative estimate of drug-likeness (QED) is 0.782. The number of imidazole rings is 1. The third kappa shape index (κ3) is 2.99. The van der Waals surface area contributed by atoms with Crippen LogP contribution in [0.4, 0.5) is 0 Å². The Hall–Kier alpha value is -2.43. The highest BCUT2D eigenvalue weighted by Crippen LogP contribution is 2.29. The second-order valence-corrected chi connectivity index (χ2v) is 6.24. The van der Waals surface area contributed by atoms with Crippen molar-refractivity contribution in [3.8, 4) is 0 Å². The standard InChI is InChI=1S/C19H14Cl2N2O2/c1-3-5-13-12(4-2)16(24)15-8-11(6-7-14(15)17(13)25)9-23-10-22-18(20)19(23)21/h3-8,10H,2,9H2,1H3/b5-3-.